The summed E-state index contributed by atoms with van der Waals surface area (Å²) in [7, 11) is 2.01. The lowest BCUT2D eigenvalue weighted by atomic mass is 10.3. The van der Waals surface area contributed by atoms with E-state index in [9.17, 15) is 0 Å². The van der Waals surface area contributed by atoms with Crippen LogP contribution in [-0.4, -0.2) is 11.1 Å². The number of hydrogen-bond acceptors (Lipinski definition) is 1. The van der Waals surface area contributed by atoms with E-state index in [1.54, 1.807) is 0 Å². The monoisotopic (exact) mass is 150 g/mol. The predicted octanol–water partition coefficient (Wildman–Crippen LogP) is 1.25. The average Bonchev–Trinajstić information content (AvgIpc) is 1.98. The molecule has 0 fully saturated rings. The van der Waals surface area contributed by atoms with Crippen LogP contribution in [0.3, 0.4) is 0 Å². The van der Waals surface area contributed by atoms with Gasteiger partial charge in [0.05, 0.1) is 0 Å². The van der Waals surface area contributed by atoms with Crippen LogP contribution in [0.1, 0.15) is 12.5 Å². The zero-order chi connectivity index (χ0) is 8.27. The standard InChI is InChI=1S/C9H14N2/c1-4-10-9-7-8(2)5-6-11(9)3/h5-7H,4H2,1-3H3. The van der Waals surface area contributed by atoms with E-state index in [1.807, 2.05) is 24.7 Å². The van der Waals surface area contributed by atoms with E-state index >= 15 is 0 Å². The van der Waals surface area contributed by atoms with Crippen LogP contribution in [-0.2, 0) is 7.05 Å². The van der Waals surface area contributed by atoms with Gasteiger partial charge in [0, 0.05) is 19.8 Å². The fraction of sp³-hybridized carbons (Fsp3) is 0.444. The predicted molar refractivity (Wildman–Crippen MR) is 46.3 cm³/mol. The summed E-state index contributed by atoms with van der Waals surface area (Å²) in [5.74, 6) is 0. The summed E-state index contributed by atoms with van der Waals surface area (Å²) < 4.78 is 2.02. The second-order valence-corrected chi connectivity index (χ2v) is 2.65. The maximum Gasteiger partial charge on any atom is 0.127 e. The molecule has 0 aliphatic heterocycles. The van der Waals surface area contributed by atoms with E-state index in [0.717, 1.165) is 12.0 Å². The lowest BCUT2D eigenvalue weighted by Gasteiger charge is -1.99. The second-order valence-electron chi connectivity index (χ2n) is 2.65. The molecule has 0 radical (unpaired) electrons. The molecule has 1 aromatic rings. The Morgan fingerprint density at radius 3 is 2.91 bits per heavy atom. The molecule has 1 aromatic heterocycles. The molecule has 0 atom stereocenters. The zero-order valence-corrected chi connectivity index (χ0v) is 7.33. The first-order valence-electron chi connectivity index (χ1n) is 3.88. The Bertz CT molecular complexity index is 297. The van der Waals surface area contributed by atoms with Gasteiger partial charge in [0.1, 0.15) is 5.49 Å². The van der Waals surface area contributed by atoms with Crippen molar-refractivity contribution in [1.82, 2.24) is 4.57 Å². The van der Waals surface area contributed by atoms with Crippen molar-refractivity contribution in [3.63, 3.8) is 0 Å². The molecule has 0 aliphatic rings. The molecule has 2 nitrogen and oxygen atoms in total. The van der Waals surface area contributed by atoms with E-state index in [-0.39, 0.29) is 0 Å². The lowest BCUT2D eigenvalue weighted by molar-refractivity contribution is 0.807. The van der Waals surface area contributed by atoms with Gasteiger partial charge in [-0.3, -0.25) is 4.99 Å². The molecular weight excluding hydrogens is 136 g/mol. The first kappa shape index (κ1) is 8.05. The Morgan fingerprint density at radius 1 is 1.55 bits per heavy atom. The van der Waals surface area contributed by atoms with E-state index in [4.69, 9.17) is 0 Å². The van der Waals surface area contributed by atoms with Crippen LogP contribution in [0.4, 0.5) is 0 Å². The van der Waals surface area contributed by atoms with Crippen LogP contribution >= 0.6 is 0 Å². The summed E-state index contributed by atoms with van der Waals surface area (Å²) in [6, 6.07) is 4.16. The van der Waals surface area contributed by atoms with Crippen LogP contribution in [0.2, 0.25) is 0 Å². The van der Waals surface area contributed by atoms with Gasteiger partial charge in [0.2, 0.25) is 0 Å². The quantitative estimate of drug-likeness (QED) is 0.573. The number of aryl methyl sites for hydroxylation is 2. The zero-order valence-electron chi connectivity index (χ0n) is 7.33. The minimum Gasteiger partial charge on any atom is -0.336 e. The van der Waals surface area contributed by atoms with Crippen LogP contribution in [0.5, 0.6) is 0 Å². The molecule has 0 saturated heterocycles. The highest BCUT2D eigenvalue weighted by molar-refractivity contribution is 5.07. The maximum atomic E-state index is 4.33. The van der Waals surface area contributed by atoms with Crippen molar-refractivity contribution in [2.45, 2.75) is 13.8 Å². The Labute approximate surface area is 67.2 Å². The molecule has 0 bridgehead atoms. The summed E-state index contributed by atoms with van der Waals surface area (Å²) in [6.07, 6.45) is 2.03. The fourth-order valence-electron chi connectivity index (χ4n) is 0.978. The highest BCUT2D eigenvalue weighted by Gasteiger charge is 1.86. The summed E-state index contributed by atoms with van der Waals surface area (Å²) >= 11 is 0. The number of pyridine rings is 1. The van der Waals surface area contributed by atoms with Gasteiger partial charge in [-0.15, -0.1) is 0 Å². The van der Waals surface area contributed by atoms with E-state index in [0.29, 0.717) is 0 Å². The second kappa shape index (κ2) is 3.37. The first-order valence-corrected chi connectivity index (χ1v) is 3.88. The molecule has 2 heteroatoms. The highest BCUT2D eigenvalue weighted by atomic mass is 15.0. The first-order chi connectivity index (χ1) is 5.24. The largest absolute Gasteiger partial charge is 0.336 e. The summed E-state index contributed by atoms with van der Waals surface area (Å²) in [4.78, 5) is 4.33. The molecule has 0 saturated carbocycles. The van der Waals surface area contributed by atoms with Crippen LogP contribution in [0, 0.1) is 6.92 Å². The number of aromatic nitrogens is 1. The van der Waals surface area contributed by atoms with Crippen molar-refractivity contribution < 1.29 is 0 Å². The van der Waals surface area contributed by atoms with Gasteiger partial charge < -0.3 is 4.57 Å². The third-order valence-corrected chi connectivity index (χ3v) is 1.60. The molecule has 0 spiro atoms. The fourth-order valence-corrected chi connectivity index (χ4v) is 0.978. The highest BCUT2D eigenvalue weighted by Crippen LogP contribution is 1.88. The Kier molecular flexibility index (Phi) is 2.47. The number of nitrogens with zero attached hydrogens (tertiary/aromatic N) is 2. The summed E-state index contributed by atoms with van der Waals surface area (Å²) in [5.41, 5.74) is 2.31. The SMILES string of the molecule is CCN=c1cc(C)ccn1C. The van der Waals surface area contributed by atoms with Crippen LogP contribution in [0.25, 0.3) is 0 Å². The molecule has 0 N–H and O–H groups in total. The molecule has 0 amide bonds. The molecule has 1 rings (SSSR count). The number of rotatable bonds is 1. The Morgan fingerprint density at radius 2 is 2.27 bits per heavy atom. The van der Waals surface area contributed by atoms with Gasteiger partial charge in [-0.2, -0.15) is 0 Å². The lowest BCUT2D eigenvalue weighted by Crippen LogP contribution is -2.17. The van der Waals surface area contributed by atoms with Crippen molar-refractivity contribution in [3.05, 3.63) is 29.4 Å². The van der Waals surface area contributed by atoms with Crippen molar-refractivity contribution in [2.75, 3.05) is 6.54 Å². The van der Waals surface area contributed by atoms with Crippen molar-refractivity contribution >= 4 is 0 Å². The van der Waals surface area contributed by atoms with Crippen molar-refractivity contribution in [1.29, 1.82) is 0 Å². The normalized spacial score (nSPS) is 12.1. The van der Waals surface area contributed by atoms with Crippen molar-refractivity contribution in [2.24, 2.45) is 12.0 Å². The van der Waals surface area contributed by atoms with E-state index in [1.165, 1.54) is 5.56 Å². The van der Waals surface area contributed by atoms with Gasteiger partial charge in [-0.05, 0) is 31.5 Å². The molecule has 11 heavy (non-hydrogen) atoms. The minimum atomic E-state index is 0.845. The Balaban J connectivity index is 3.24. The third kappa shape index (κ3) is 1.93. The molecule has 0 unspecified atom stereocenters. The van der Waals surface area contributed by atoms with Gasteiger partial charge in [-0.25, -0.2) is 0 Å². The summed E-state index contributed by atoms with van der Waals surface area (Å²) in [6.45, 7) is 4.97. The topological polar surface area (TPSA) is 17.3 Å². The van der Waals surface area contributed by atoms with Gasteiger partial charge >= 0.3 is 0 Å². The maximum absolute atomic E-state index is 4.33. The summed E-state index contributed by atoms with van der Waals surface area (Å²) in [5, 5.41) is 0. The minimum absolute atomic E-state index is 0.845. The molecular formula is C9H14N2. The molecule has 1 heterocycles. The smallest absolute Gasteiger partial charge is 0.127 e. The molecule has 0 aromatic carbocycles. The van der Waals surface area contributed by atoms with Crippen molar-refractivity contribution in [3.8, 4) is 0 Å². The average molecular weight is 150 g/mol. The van der Waals surface area contributed by atoms with Crippen LogP contribution < -0.4 is 5.49 Å². The molecule has 0 aliphatic carbocycles. The number of hydrogen-bond donors (Lipinski definition) is 0. The van der Waals surface area contributed by atoms with E-state index in [2.05, 4.69) is 24.0 Å². The van der Waals surface area contributed by atoms with E-state index < -0.39 is 0 Å². The molecule has 60 valence electrons. The van der Waals surface area contributed by atoms with Gasteiger partial charge in [0.25, 0.3) is 0 Å². The van der Waals surface area contributed by atoms with Gasteiger partial charge in [0.15, 0.2) is 0 Å². The Hall–Kier alpha value is -1.05. The van der Waals surface area contributed by atoms with Gasteiger partial charge in [-0.1, -0.05) is 0 Å². The third-order valence-electron chi connectivity index (χ3n) is 1.60. The van der Waals surface area contributed by atoms with Crippen LogP contribution in [0.15, 0.2) is 23.3 Å².